The smallest absolute Gasteiger partial charge is 0.224 e. The molecule has 1 amide bonds. The van der Waals surface area contributed by atoms with Gasteiger partial charge in [0.25, 0.3) is 0 Å². The minimum Gasteiger partial charge on any atom is -0.378 e. The Labute approximate surface area is 135 Å². The van der Waals surface area contributed by atoms with Gasteiger partial charge in [0.2, 0.25) is 5.91 Å². The van der Waals surface area contributed by atoms with Crippen LogP contribution < -0.4 is 5.32 Å². The van der Waals surface area contributed by atoms with E-state index in [0.717, 1.165) is 41.6 Å². The Morgan fingerprint density at radius 2 is 2.30 bits per heavy atom. The molecule has 2 aromatic rings. The molecule has 1 aliphatic rings. The maximum atomic E-state index is 13.5. The first-order valence-electron chi connectivity index (χ1n) is 8.18. The van der Waals surface area contributed by atoms with E-state index in [-0.39, 0.29) is 24.2 Å². The Morgan fingerprint density at radius 1 is 1.48 bits per heavy atom. The largest absolute Gasteiger partial charge is 0.378 e. The van der Waals surface area contributed by atoms with E-state index in [1.54, 1.807) is 6.07 Å². The molecule has 2 heterocycles. The van der Waals surface area contributed by atoms with E-state index in [2.05, 4.69) is 17.2 Å². The second-order valence-corrected chi connectivity index (χ2v) is 6.47. The number of amides is 1. The number of nitrogens with one attached hydrogen (secondary N) is 2. The van der Waals surface area contributed by atoms with Crippen molar-refractivity contribution in [3.63, 3.8) is 0 Å². The molecule has 0 bridgehead atoms. The molecule has 1 fully saturated rings. The molecule has 1 aromatic heterocycles. The highest BCUT2D eigenvalue weighted by molar-refractivity contribution is 5.90. The fourth-order valence-corrected chi connectivity index (χ4v) is 3.34. The van der Waals surface area contributed by atoms with Crippen molar-refractivity contribution in [2.24, 2.45) is 5.92 Å². The Bertz CT molecular complexity index is 710. The van der Waals surface area contributed by atoms with E-state index in [9.17, 15) is 9.18 Å². The van der Waals surface area contributed by atoms with Gasteiger partial charge in [0.1, 0.15) is 5.82 Å². The topological polar surface area (TPSA) is 54.1 Å². The summed E-state index contributed by atoms with van der Waals surface area (Å²) in [7, 11) is 0. The highest BCUT2D eigenvalue weighted by Gasteiger charge is 2.20. The van der Waals surface area contributed by atoms with E-state index in [4.69, 9.17) is 4.74 Å². The first-order valence-corrected chi connectivity index (χ1v) is 8.18. The minimum atomic E-state index is -0.283. The quantitative estimate of drug-likeness (QED) is 0.910. The molecule has 0 unspecified atom stereocenters. The van der Waals surface area contributed by atoms with Crippen LogP contribution in [0.5, 0.6) is 0 Å². The third-order valence-corrected chi connectivity index (χ3v) is 4.60. The van der Waals surface area contributed by atoms with Crippen molar-refractivity contribution in [2.75, 3.05) is 13.2 Å². The number of carbonyl (C=O) groups is 1. The lowest BCUT2D eigenvalue weighted by molar-refractivity contribution is -0.120. The second kappa shape index (κ2) is 6.71. The Balaban J connectivity index is 1.63. The number of aromatic amines is 1. The summed E-state index contributed by atoms with van der Waals surface area (Å²) in [5, 5.41) is 3.80. The SMILES string of the molecule is Cc1[nH]c2ccc(F)cc2c1CC(=O)NC[C@@H]1CCO[C@@H](C)C1. The number of aromatic nitrogens is 1. The van der Waals surface area contributed by atoms with Gasteiger partial charge >= 0.3 is 0 Å². The predicted octanol–water partition coefficient (Wildman–Crippen LogP) is 3.09. The summed E-state index contributed by atoms with van der Waals surface area (Å²) in [6.45, 7) is 5.43. The van der Waals surface area contributed by atoms with Gasteiger partial charge in [0, 0.05) is 29.7 Å². The molecule has 0 radical (unpaired) electrons. The highest BCUT2D eigenvalue weighted by Crippen LogP contribution is 2.24. The van der Waals surface area contributed by atoms with Gasteiger partial charge in [-0.05, 0) is 56.4 Å². The molecule has 2 atom stereocenters. The lowest BCUT2D eigenvalue weighted by Crippen LogP contribution is -2.35. The van der Waals surface area contributed by atoms with Crippen LogP contribution >= 0.6 is 0 Å². The van der Waals surface area contributed by atoms with Crippen molar-refractivity contribution in [3.05, 3.63) is 35.3 Å². The number of ether oxygens (including phenoxy) is 1. The highest BCUT2D eigenvalue weighted by atomic mass is 19.1. The van der Waals surface area contributed by atoms with Gasteiger partial charge in [-0.2, -0.15) is 0 Å². The fourth-order valence-electron chi connectivity index (χ4n) is 3.34. The van der Waals surface area contributed by atoms with Crippen LogP contribution in [0.2, 0.25) is 0 Å². The summed E-state index contributed by atoms with van der Waals surface area (Å²) >= 11 is 0. The average molecular weight is 318 g/mol. The van der Waals surface area contributed by atoms with E-state index in [1.165, 1.54) is 12.1 Å². The van der Waals surface area contributed by atoms with Crippen molar-refractivity contribution < 1.29 is 13.9 Å². The van der Waals surface area contributed by atoms with Gasteiger partial charge < -0.3 is 15.0 Å². The van der Waals surface area contributed by atoms with E-state index < -0.39 is 0 Å². The third kappa shape index (κ3) is 3.72. The van der Waals surface area contributed by atoms with Gasteiger partial charge in [-0.1, -0.05) is 0 Å². The van der Waals surface area contributed by atoms with E-state index >= 15 is 0 Å². The zero-order chi connectivity index (χ0) is 16.4. The van der Waals surface area contributed by atoms with Crippen molar-refractivity contribution in [1.82, 2.24) is 10.3 Å². The molecule has 1 saturated heterocycles. The van der Waals surface area contributed by atoms with Gasteiger partial charge in [-0.15, -0.1) is 0 Å². The molecule has 0 saturated carbocycles. The molecule has 1 aromatic carbocycles. The number of halogens is 1. The Hall–Kier alpha value is -1.88. The van der Waals surface area contributed by atoms with Crippen molar-refractivity contribution in [1.29, 1.82) is 0 Å². The summed E-state index contributed by atoms with van der Waals surface area (Å²) in [4.78, 5) is 15.5. The predicted molar refractivity (Wildman–Crippen MR) is 87.8 cm³/mol. The number of benzene rings is 1. The molecule has 3 rings (SSSR count). The van der Waals surface area contributed by atoms with Crippen LogP contribution in [0.15, 0.2) is 18.2 Å². The lowest BCUT2D eigenvalue weighted by Gasteiger charge is -2.27. The molecule has 0 aliphatic carbocycles. The van der Waals surface area contributed by atoms with Crippen molar-refractivity contribution in [2.45, 2.75) is 39.2 Å². The van der Waals surface area contributed by atoms with Crippen LogP contribution in [0.3, 0.4) is 0 Å². The summed E-state index contributed by atoms with van der Waals surface area (Å²) in [6, 6.07) is 4.62. The van der Waals surface area contributed by atoms with Crippen LogP contribution in [-0.4, -0.2) is 30.1 Å². The number of hydrogen-bond acceptors (Lipinski definition) is 2. The van der Waals surface area contributed by atoms with Crippen LogP contribution in [0.25, 0.3) is 10.9 Å². The van der Waals surface area contributed by atoms with Gasteiger partial charge in [0.15, 0.2) is 0 Å². The molecule has 2 N–H and O–H groups in total. The maximum Gasteiger partial charge on any atom is 0.224 e. The van der Waals surface area contributed by atoms with Crippen LogP contribution in [0.1, 0.15) is 31.0 Å². The molecular weight excluding hydrogens is 295 g/mol. The average Bonchev–Trinajstić information content (AvgIpc) is 2.81. The molecule has 23 heavy (non-hydrogen) atoms. The first-order chi connectivity index (χ1) is 11.0. The zero-order valence-corrected chi connectivity index (χ0v) is 13.6. The Morgan fingerprint density at radius 3 is 3.09 bits per heavy atom. The molecular formula is C18H23FN2O2. The normalized spacial score (nSPS) is 21.5. The van der Waals surface area contributed by atoms with Gasteiger partial charge in [-0.3, -0.25) is 4.79 Å². The standard InChI is InChI=1S/C18H23FN2O2/c1-11-7-13(5-6-23-11)10-20-18(22)9-15-12(2)21-17-4-3-14(19)8-16(15)17/h3-4,8,11,13,21H,5-7,9-10H2,1-2H3,(H,20,22)/t11-,13+/m0/s1. The molecule has 1 aliphatic heterocycles. The minimum absolute atomic E-state index is 0.0163. The van der Waals surface area contributed by atoms with Gasteiger partial charge in [-0.25, -0.2) is 4.39 Å². The van der Waals surface area contributed by atoms with Gasteiger partial charge in [0.05, 0.1) is 12.5 Å². The maximum absolute atomic E-state index is 13.5. The summed E-state index contributed by atoms with van der Waals surface area (Å²) < 4.78 is 19.0. The zero-order valence-electron chi connectivity index (χ0n) is 13.6. The summed E-state index contributed by atoms with van der Waals surface area (Å²) in [6.07, 6.45) is 2.51. The van der Waals surface area contributed by atoms with Crippen molar-refractivity contribution >= 4 is 16.8 Å². The summed E-state index contributed by atoms with van der Waals surface area (Å²) in [5.41, 5.74) is 2.66. The fraction of sp³-hybridized carbons (Fsp3) is 0.500. The number of rotatable bonds is 4. The first kappa shape index (κ1) is 16.0. The summed E-state index contributed by atoms with van der Waals surface area (Å²) in [5.74, 6) is 0.177. The van der Waals surface area contributed by atoms with Crippen LogP contribution in [0.4, 0.5) is 4.39 Å². The van der Waals surface area contributed by atoms with Crippen LogP contribution in [0, 0.1) is 18.7 Å². The van der Waals surface area contributed by atoms with Crippen LogP contribution in [-0.2, 0) is 16.0 Å². The molecule has 0 spiro atoms. The molecule has 4 nitrogen and oxygen atoms in total. The Kier molecular flexibility index (Phi) is 4.66. The number of aryl methyl sites for hydroxylation is 1. The number of H-pyrrole nitrogens is 1. The van der Waals surface area contributed by atoms with E-state index in [1.807, 2.05) is 6.92 Å². The number of hydrogen-bond donors (Lipinski definition) is 2. The third-order valence-electron chi connectivity index (χ3n) is 4.60. The molecule has 124 valence electrons. The second-order valence-electron chi connectivity index (χ2n) is 6.47. The van der Waals surface area contributed by atoms with Crippen molar-refractivity contribution in [3.8, 4) is 0 Å². The number of fused-ring (bicyclic) bond motifs is 1. The monoisotopic (exact) mass is 318 g/mol. The number of carbonyl (C=O) groups excluding carboxylic acids is 1. The lowest BCUT2D eigenvalue weighted by atomic mass is 9.96. The molecule has 5 heteroatoms. The van der Waals surface area contributed by atoms with E-state index in [0.29, 0.717) is 12.5 Å².